The van der Waals surface area contributed by atoms with E-state index in [2.05, 4.69) is 16.3 Å². The molecule has 0 radical (unpaired) electrons. The molecule has 29 heavy (non-hydrogen) atoms. The van der Waals surface area contributed by atoms with Crippen LogP contribution < -0.4 is 4.74 Å². The summed E-state index contributed by atoms with van der Waals surface area (Å²) in [5.41, 5.74) is 4.43. The fraction of sp³-hybridized carbons (Fsp3) is 0.130. The van der Waals surface area contributed by atoms with Crippen LogP contribution in [-0.2, 0) is 6.54 Å². The average molecular weight is 401 g/mol. The van der Waals surface area contributed by atoms with Crippen molar-refractivity contribution in [3.8, 4) is 17.0 Å². The summed E-state index contributed by atoms with van der Waals surface area (Å²) in [6.45, 7) is 0.516. The maximum Gasteiger partial charge on any atom is 0.273 e. The maximum absolute atomic E-state index is 13.3. The van der Waals surface area contributed by atoms with Gasteiger partial charge in [0, 0.05) is 22.5 Å². The molecule has 0 saturated carbocycles. The predicted molar refractivity (Wildman–Crippen MR) is 113 cm³/mol. The lowest BCUT2D eigenvalue weighted by atomic mass is 10.0. The largest absolute Gasteiger partial charge is 0.497 e. The number of nitrogens with zero attached hydrogens (tertiary/aromatic N) is 2. The first-order valence-corrected chi connectivity index (χ1v) is 10.2. The van der Waals surface area contributed by atoms with Crippen LogP contribution in [0.5, 0.6) is 5.75 Å². The summed E-state index contributed by atoms with van der Waals surface area (Å²) >= 11 is 1.66. The Morgan fingerprint density at radius 2 is 1.86 bits per heavy atom. The van der Waals surface area contributed by atoms with Crippen molar-refractivity contribution in [1.29, 1.82) is 0 Å². The summed E-state index contributed by atoms with van der Waals surface area (Å²) in [7, 11) is 1.65. The van der Waals surface area contributed by atoms with E-state index in [0.717, 1.165) is 33.0 Å². The van der Waals surface area contributed by atoms with Crippen molar-refractivity contribution in [3.05, 3.63) is 93.8 Å². The Morgan fingerprint density at radius 3 is 2.55 bits per heavy atom. The second-order valence-corrected chi connectivity index (χ2v) is 7.91. The average Bonchev–Trinajstić information content (AvgIpc) is 3.49. The van der Waals surface area contributed by atoms with Crippen LogP contribution >= 0.6 is 11.3 Å². The highest BCUT2D eigenvalue weighted by molar-refractivity contribution is 7.10. The maximum atomic E-state index is 13.3. The number of benzene rings is 2. The number of hydrogen-bond donors (Lipinski definition) is 1. The van der Waals surface area contributed by atoms with Gasteiger partial charge < -0.3 is 9.64 Å². The second-order valence-electron chi connectivity index (χ2n) is 6.93. The Hall–Kier alpha value is -3.38. The molecule has 144 valence electrons. The molecule has 2 aromatic carbocycles. The zero-order valence-electron chi connectivity index (χ0n) is 15.8. The van der Waals surface area contributed by atoms with Crippen molar-refractivity contribution in [3.63, 3.8) is 0 Å². The Balaban J connectivity index is 1.58. The zero-order valence-corrected chi connectivity index (χ0v) is 16.6. The lowest BCUT2D eigenvalue weighted by Gasteiger charge is -2.25. The molecule has 0 saturated heterocycles. The minimum Gasteiger partial charge on any atom is -0.497 e. The molecule has 2 aromatic heterocycles. The number of H-pyrrole nitrogens is 1. The summed E-state index contributed by atoms with van der Waals surface area (Å²) in [6, 6.07) is 21.8. The lowest BCUT2D eigenvalue weighted by molar-refractivity contribution is 0.0732. The van der Waals surface area contributed by atoms with Gasteiger partial charge in [-0.2, -0.15) is 5.10 Å². The second kappa shape index (κ2) is 7.22. The Kier molecular flexibility index (Phi) is 4.41. The minimum atomic E-state index is -0.159. The van der Waals surface area contributed by atoms with Crippen LogP contribution in [0.25, 0.3) is 11.3 Å². The number of amides is 1. The number of fused-ring (bicyclic) bond motifs is 1. The van der Waals surface area contributed by atoms with Crippen molar-refractivity contribution in [2.75, 3.05) is 7.11 Å². The Morgan fingerprint density at radius 1 is 1.07 bits per heavy atom. The summed E-state index contributed by atoms with van der Waals surface area (Å²) in [5.74, 6) is 0.779. The van der Waals surface area contributed by atoms with Crippen molar-refractivity contribution in [2.45, 2.75) is 12.6 Å². The molecule has 1 atom stereocenters. The number of carbonyl (C=O) groups excluding carboxylic acids is 1. The molecular formula is C23H19N3O2S. The van der Waals surface area contributed by atoms with E-state index in [0.29, 0.717) is 12.2 Å². The molecule has 0 fully saturated rings. The first-order valence-electron chi connectivity index (χ1n) is 9.37. The number of methoxy groups -OCH3 is 1. The molecule has 1 aliphatic heterocycles. The van der Waals surface area contributed by atoms with Crippen molar-refractivity contribution < 1.29 is 9.53 Å². The predicted octanol–water partition coefficient (Wildman–Crippen LogP) is 4.89. The van der Waals surface area contributed by atoms with Gasteiger partial charge in [-0.25, -0.2) is 0 Å². The summed E-state index contributed by atoms with van der Waals surface area (Å²) in [5, 5.41) is 9.55. The van der Waals surface area contributed by atoms with E-state index in [1.807, 2.05) is 70.9 Å². The van der Waals surface area contributed by atoms with Crippen LogP contribution in [-0.4, -0.2) is 28.1 Å². The number of ether oxygens (including phenoxy) is 1. The van der Waals surface area contributed by atoms with Gasteiger partial charge in [-0.05, 0) is 29.1 Å². The molecular weight excluding hydrogens is 382 g/mol. The molecule has 0 bridgehead atoms. The number of nitrogens with one attached hydrogen (secondary N) is 1. The standard InChI is InChI=1S/C23H19N3O2S/c1-28-17-11-9-15(10-12-17)14-26-22(18-8-5-13-29-18)19-20(16-6-3-2-4-7-16)24-25-21(19)23(26)27/h2-13,22H,14H2,1H3,(H,24,25). The molecule has 0 aliphatic carbocycles. The molecule has 5 rings (SSSR count). The van der Waals surface area contributed by atoms with E-state index < -0.39 is 0 Å². The van der Waals surface area contributed by atoms with E-state index in [4.69, 9.17) is 4.74 Å². The smallest absolute Gasteiger partial charge is 0.273 e. The van der Waals surface area contributed by atoms with E-state index in [9.17, 15) is 4.79 Å². The van der Waals surface area contributed by atoms with Gasteiger partial charge >= 0.3 is 0 Å². The number of carbonyl (C=O) groups is 1. The number of thiophene rings is 1. The van der Waals surface area contributed by atoms with Crippen LogP contribution in [0.1, 0.15) is 32.5 Å². The molecule has 3 heterocycles. The summed E-state index contributed by atoms with van der Waals surface area (Å²) in [4.78, 5) is 16.4. The highest BCUT2D eigenvalue weighted by Gasteiger charge is 2.42. The van der Waals surface area contributed by atoms with Crippen LogP contribution in [0.4, 0.5) is 0 Å². The highest BCUT2D eigenvalue weighted by Crippen LogP contribution is 2.44. The van der Waals surface area contributed by atoms with Crippen molar-refractivity contribution in [2.24, 2.45) is 0 Å². The number of aromatic nitrogens is 2. The first kappa shape index (κ1) is 17.7. The quantitative estimate of drug-likeness (QED) is 0.518. The fourth-order valence-corrected chi connectivity index (χ4v) is 4.69. The zero-order chi connectivity index (χ0) is 19.8. The highest BCUT2D eigenvalue weighted by atomic mass is 32.1. The monoisotopic (exact) mass is 401 g/mol. The van der Waals surface area contributed by atoms with Crippen LogP contribution in [0.15, 0.2) is 72.1 Å². The Labute approximate surface area is 172 Å². The fourth-order valence-electron chi connectivity index (χ4n) is 3.85. The van der Waals surface area contributed by atoms with Gasteiger partial charge in [-0.3, -0.25) is 9.89 Å². The van der Waals surface area contributed by atoms with Crippen LogP contribution in [0, 0.1) is 0 Å². The molecule has 1 unspecified atom stereocenters. The van der Waals surface area contributed by atoms with Crippen molar-refractivity contribution in [1.82, 2.24) is 15.1 Å². The van der Waals surface area contributed by atoms with Gasteiger partial charge in [0.2, 0.25) is 0 Å². The molecule has 1 amide bonds. The van der Waals surface area contributed by atoms with E-state index in [1.54, 1.807) is 18.4 Å². The first-order chi connectivity index (χ1) is 14.3. The molecule has 1 N–H and O–H groups in total. The van der Waals surface area contributed by atoms with Crippen molar-refractivity contribution >= 4 is 17.2 Å². The van der Waals surface area contributed by atoms with Gasteiger partial charge in [0.05, 0.1) is 18.8 Å². The van der Waals surface area contributed by atoms with Gasteiger partial charge in [0.15, 0.2) is 0 Å². The Bertz CT molecular complexity index is 1130. The third-order valence-electron chi connectivity index (χ3n) is 5.24. The molecule has 0 spiro atoms. The van der Waals surface area contributed by atoms with Gasteiger partial charge in [-0.1, -0.05) is 48.5 Å². The van der Waals surface area contributed by atoms with E-state index in [-0.39, 0.29) is 11.9 Å². The lowest BCUT2D eigenvalue weighted by Crippen LogP contribution is -2.28. The normalized spacial score (nSPS) is 15.6. The van der Waals surface area contributed by atoms with Crippen LogP contribution in [0.2, 0.25) is 0 Å². The molecule has 6 heteroatoms. The SMILES string of the molecule is COc1ccc(CN2C(=O)c3[nH]nc(-c4ccccc4)c3C2c2cccs2)cc1. The summed E-state index contributed by atoms with van der Waals surface area (Å²) < 4.78 is 5.25. The van der Waals surface area contributed by atoms with Gasteiger partial charge in [0.1, 0.15) is 11.4 Å². The topological polar surface area (TPSA) is 58.2 Å². The number of hydrogen-bond acceptors (Lipinski definition) is 4. The molecule has 4 aromatic rings. The van der Waals surface area contributed by atoms with E-state index in [1.165, 1.54) is 0 Å². The number of aromatic amines is 1. The molecule has 5 nitrogen and oxygen atoms in total. The summed E-state index contributed by atoms with van der Waals surface area (Å²) in [6.07, 6.45) is 0. The molecule has 1 aliphatic rings. The third kappa shape index (κ3) is 3.02. The number of rotatable bonds is 5. The van der Waals surface area contributed by atoms with E-state index >= 15 is 0 Å². The minimum absolute atomic E-state index is 0.0242. The van der Waals surface area contributed by atoms with Gasteiger partial charge in [-0.15, -0.1) is 11.3 Å². The van der Waals surface area contributed by atoms with Crippen LogP contribution in [0.3, 0.4) is 0 Å². The third-order valence-corrected chi connectivity index (χ3v) is 6.16. The van der Waals surface area contributed by atoms with Gasteiger partial charge in [0.25, 0.3) is 5.91 Å².